The summed E-state index contributed by atoms with van der Waals surface area (Å²) in [5.41, 5.74) is 7.37. The Morgan fingerprint density at radius 1 is 1.07 bits per heavy atom. The van der Waals surface area contributed by atoms with Gasteiger partial charge in [0.15, 0.2) is 0 Å². The number of amides is 2. The topological polar surface area (TPSA) is 106 Å². The van der Waals surface area contributed by atoms with E-state index in [1.54, 1.807) is 36.7 Å². The normalized spacial score (nSPS) is 10.9. The van der Waals surface area contributed by atoms with Crippen molar-refractivity contribution in [2.24, 2.45) is 11.7 Å². The zero-order valence-electron chi connectivity index (χ0n) is 15.8. The summed E-state index contributed by atoms with van der Waals surface area (Å²) in [6.07, 6.45) is 3.42. The zero-order chi connectivity index (χ0) is 18.9. The molecule has 2 amide bonds. The van der Waals surface area contributed by atoms with Crippen LogP contribution >= 0.6 is 24.8 Å². The minimum absolute atomic E-state index is 0. The monoisotopic (exact) mass is 428 g/mol. The number of nitrogens with one attached hydrogen (secondary N) is 2. The number of nitrogens with zero attached hydrogens (tertiary/aromatic N) is 1. The summed E-state index contributed by atoms with van der Waals surface area (Å²) in [7, 11) is 0. The average molecular weight is 429 g/mol. The molecule has 2 rings (SSSR count). The van der Waals surface area contributed by atoms with Gasteiger partial charge in [0.05, 0.1) is 12.6 Å². The van der Waals surface area contributed by atoms with Gasteiger partial charge in [0.1, 0.15) is 12.4 Å². The number of halogens is 2. The van der Waals surface area contributed by atoms with Gasteiger partial charge in [-0.2, -0.15) is 0 Å². The van der Waals surface area contributed by atoms with Gasteiger partial charge in [-0.1, -0.05) is 13.8 Å². The van der Waals surface area contributed by atoms with Gasteiger partial charge in [-0.25, -0.2) is 0 Å². The van der Waals surface area contributed by atoms with E-state index in [1.807, 2.05) is 26.0 Å². The standard InChI is InChI=1S/C19H24N4O3.2ClH/c1-13(2)18(20)19(25)22-11-17(24)23-15-3-5-16(6-4-15)26-12-14-7-9-21-10-8-14;;/h3-10,13,18H,11-12,20H2,1-2H3,(H,22,25)(H,23,24);2*1H/t18-;;/m0../s1. The molecular weight excluding hydrogens is 403 g/mol. The Morgan fingerprint density at radius 2 is 1.68 bits per heavy atom. The van der Waals surface area contributed by atoms with Crippen LogP contribution in [0.4, 0.5) is 5.69 Å². The van der Waals surface area contributed by atoms with E-state index in [4.69, 9.17) is 10.5 Å². The molecule has 0 spiro atoms. The third-order valence-corrected chi connectivity index (χ3v) is 3.74. The maximum Gasteiger partial charge on any atom is 0.243 e. The fourth-order valence-electron chi connectivity index (χ4n) is 2.07. The van der Waals surface area contributed by atoms with Crippen molar-refractivity contribution in [3.05, 3.63) is 54.4 Å². The molecule has 2 aromatic rings. The number of rotatable bonds is 8. The Kier molecular flexibility index (Phi) is 11.8. The zero-order valence-corrected chi connectivity index (χ0v) is 17.4. The number of carbonyl (C=O) groups is 2. The first-order chi connectivity index (χ1) is 12.5. The van der Waals surface area contributed by atoms with Crippen LogP contribution in [0.3, 0.4) is 0 Å². The Bertz CT molecular complexity index is 728. The average Bonchev–Trinajstić information content (AvgIpc) is 2.65. The number of nitrogens with two attached hydrogens (primary N) is 1. The third kappa shape index (κ3) is 8.56. The summed E-state index contributed by atoms with van der Waals surface area (Å²) in [6.45, 7) is 4.02. The van der Waals surface area contributed by atoms with Crippen LogP contribution in [0.5, 0.6) is 5.75 Å². The predicted octanol–water partition coefficient (Wildman–Crippen LogP) is 2.54. The number of hydrogen-bond acceptors (Lipinski definition) is 5. The van der Waals surface area contributed by atoms with Crippen LogP contribution in [-0.4, -0.2) is 29.4 Å². The molecule has 0 aliphatic carbocycles. The Hall–Kier alpha value is -2.35. The maximum atomic E-state index is 11.9. The van der Waals surface area contributed by atoms with E-state index in [0.29, 0.717) is 18.0 Å². The van der Waals surface area contributed by atoms with Crippen molar-refractivity contribution in [1.82, 2.24) is 10.3 Å². The second-order valence-electron chi connectivity index (χ2n) is 6.20. The van der Waals surface area contributed by atoms with Crippen molar-refractivity contribution in [3.8, 4) is 5.75 Å². The maximum absolute atomic E-state index is 11.9. The van der Waals surface area contributed by atoms with Gasteiger partial charge in [-0.15, -0.1) is 24.8 Å². The lowest BCUT2D eigenvalue weighted by Gasteiger charge is -2.15. The van der Waals surface area contributed by atoms with Gasteiger partial charge in [0.25, 0.3) is 0 Å². The quantitative estimate of drug-likeness (QED) is 0.598. The van der Waals surface area contributed by atoms with Gasteiger partial charge in [0.2, 0.25) is 11.8 Å². The van der Waals surface area contributed by atoms with E-state index in [2.05, 4.69) is 15.6 Å². The van der Waals surface area contributed by atoms with Gasteiger partial charge >= 0.3 is 0 Å². The molecule has 0 unspecified atom stereocenters. The fourth-order valence-corrected chi connectivity index (χ4v) is 2.07. The highest BCUT2D eigenvalue weighted by Gasteiger charge is 2.17. The summed E-state index contributed by atoms with van der Waals surface area (Å²) < 4.78 is 5.67. The molecule has 0 aliphatic heterocycles. The van der Waals surface area contributed by atoms with E-state index in [9.17, 15) is 9.59 Å². The molecule has 0 radical (unpaired) electrons. The largest absolute Gasteiger partial charge is 0.489 e. The van der Waals surface area contributed by atoms with E-state index in [0.717, 1.165) is 5.56 Å². The summed E-state index contributed by atoms with van der Waals surface area (Å²) >= 11 is 0. The van der Waals surface area contributed by atoms with Crippen molar-refractivity contribution < 1.29 is 14.3 Å². The Morgan fingerprint density at radius 3 is 2.25 bits per heavy atom. The van der Waals surface area contributed by atoms with Gasteiger partial charge in [-0.3, -0.25) is 14.6 Å². The molecule has 0 fully saturated rings. The van der Waals surface area contributed by atoms with E-state index in [-0.39, 0.29) is 49.1 Å². The van der Waals surface area contributed by atoms with Crippen molar-refractivity contribution in [2.75, 3.05) is 11.9 Å². The molecule has 1 aromatic carbocycles. The van der Waals surface area contributed by atoms with E-state index in [1.165, 1.54) is 0 Å². The highest BCUT2D eigenvalue weighted by Crippen LogP contribution is 2.17. The molecule has 0 saturated carbocycles. The number of aromatic nitrogens is 1. The first-order valence-corrected chi connectivity index (χ1v) is 8.40. The van der Waals surface area contributed by atoms with Gasteiger partial charge < -0.3 is 21.1 Å². The van der Waals surface area contributed by atoms with Crippen molar-refractivity contribution in [1.29, 1.82) is 0 Å². The van der Waals surface area contributed by atoms with Crippen LogP contribution in [-0.2, 0) is 16.2 Å². The molecule has 1 atom stereocenters. The highest BCUT2D eigenvalue weighted by molar-refractivity contribution is 5.95. The second-order valence-corrected chi connectivity index (χ2v) is 6.20. The molecule has 154 valence electrons. The smallest absolute Gasteiger partial charge is 0.243 e. The van der Waals surface area contributed by atoms with Crippen LogP contribution in [0, 0.1) is 5.92 Å². The van der Waals surface area contributed by atoms with Crippen molar-refractivity contribution in [2.45, 2.75) is 26.5 Å². The van der Waals surface area contributed by atoms with Gasteiger partial charge in [-0.05, 0) is 47.9 Å². The minimum Gasteiger partial charge on any atom is -0.489 e. The molecule has 1 aromatic heterocycles. The summed E-state index contributed by atoms with van der Waals surface area (Å²) in [5, 5.41) is 5.24. The van der Waals surface area contributed by atoms with Crippen LogP contribution in [0.15, 0.2) is 48.8 Å². The number of ether oxygens (including phenoxy) is 1. The van der Waals surface area contributed by atoms with Crippen LogP contribution in [0.2, 0.25) is 0 Å². The molecule has 9 heteroatoms. The van der Waals surface area contributed by atoms with Crippen molar-refractivity contribution >= 4 is 42.3 Å². The minimum atomic E-state index is -0.625. The lowest BCUT2D eigenvalue weighted by Crippen LogP contribution is -2.46. The molecular formula is C19H26Cl2N4O3. The second kappa shape index (κ2) is 12.9. The lowest BCUT2D eigenvalue weighted by atomic mass is 10.1. The third-order valence-electron chi connectivity index (χ3n) is 3.74. The first kappa shape index (κ1) is 25.7. The Balaban J connectivity index is 0.00000364. The van der Waals surface area contributed by atoms with E-state index < -0.39 is 6.04 Å². The summed E-state index contributed by atoms with van der Waals surface area (Å²) in [4.78, 5) is 27.6. The summed E-state index contributed by atoms with van der Waals surface area (Å²) in [6, 6.07) is 10.2. The molecule has 0 aliphatic rings. The number of pyridine rings is 1. The fraction of sp³-hybridized carbons (Fsp3) is 0.316. The number of benzene rings is 1. The SMILES string of the molecule is CC(C)[C@H](N)C(=O)NCC(=O)Nc1ccc(OCc2ccncc2)cc1.Cl.Cl. The molecule has 7 nitrogen and oxygen atoms in total. The molecule has 4 N–H and O–H groups in total. The Labute approximate surface area is 177 Å². The predicted molar refractivity (Wildman–Crippen MR) is 114 cm³/mol. The number of carbonyl (C=O) groups excluding carboxylic acids is 2. The number of anilines is 1. The summed E-state index contributed by atoms with van der Waals surface area (Å²) in [5.74, 6) is 0.0449. The van der Waals surface area contributed by atoms with Gasteiger partial charge in [0, 0.05) is 18.1 Å². The van der Waals surface area contributed by atoms with Crippen LogP contribution < -0.4 is 21.1 Å². The van der Waals surface area contributed by atoms with E-state index >= 15 is 0 Å². The van der Waals surface area contributed by atoms with Crippen LogP contribution in [0.1, 0.15) is 19.4 Å². The van der Waals surface area contributed by atoms with Crippen molar-refractivity contribution in [3.63, 3.8) is 0 Å². The number of hydrogen-bond donors (Lipinski definition) is 3. The molecule has 28 heavy (non-hydrogen) atoms. The first-order valence-electron chi connectivity index (χ1n) is 8.40. The molecule has 0 saturated heterocycles. The van der Waals surface area contributed by atoms with Crippen LogP contribution in [0.25, 0.3) is 0 Å². The molecule has 1 heterocycles. The lowest BCUT2D eigenvalue weighted by molar-refractivity contribution is -0.125. The highest BCUT2D eigenvalue weighted by atomic mass is 35.5. The molecule has 0 bridgehead atoms.